The molecule has 0 unspecified atom stereocenters. The van der Waals surface area contributed by atoms with Crippen LogP contribution in [0.5, 0.6) is 0 Å². The van der Waals surface area contributed by atoms with Gasteiger partial charge in [0.25, 0.3) is 0 Å². The zero-order chi connectivity index (χ0) is 15.5. The Balaban J connectivity index is 2.01. The quantitative estimate of drug-likeness (QED) is 0.745. The number of thiocarbonyl (C=S) groups is 1. The average Bonchev–Trinajstić information content (AvgIpc) is 2.37. The van der Waals surface area contributed by atoms with E-state index in [1.165, 1.54) is 12.5 Å². The highest BCUT2D eigenvalue weighted by Gasteiger charge is 2.31. The van der Waals surface area contributed by atoms with Crippen molar-refractivity contribution in [2.45, 2.75) is 44.3 Å². The molecule has 0 saturated heterocycles. The monoisotopic (exact) mass is 336 g/mol. The van der Waals surface area contributed by atoms with E-state index in [-0.39, 0.29) is 10.7 Å². The van der Waals surface area contributed by atoms with Gasteiger partial charge in [0.15, 0.2) is 5.11 Å². The van der Waals surface area contributed by atoms with Gasteiger partial charge in [0.1, 0.15) is 0 Å². The molecule has 7 heteroatoms. The van der Waals surface area contributed by atoms with Crippen molar-refractivity contribution in [2.24, 2.45) is 0 Å². The second kappa shape index (κ2) is 6.83. The number of hydrogen-bond donors (Lipinski definition) is 2. The van der Waals surface area contributed by atoms with Crippen molar-refractivity contribution in [1.82, 2.24) is 5.32 Å². The van der Waals surface area contributed by atoms with Crippen molar-refractivity contribution in [3.05, 3.63) is 28.8 Å². The van der Waals surface area contributed by atoms with Gasteiger partial charge in [0.05, 0.1) is 5.56 Å². The van der Waals surface area contributed by atoms with E-state index in [2.05, 4.69) is 10.6 Å². The van der Waals surface area contributed by atoms with Gasteiger partial charge in [-0.2, -0.15) is 13.2 Å². The predicted molar refractivity (Wildman–Crippen MR) is 82.7 cm³/mol. The van der Waals surface area contributed by atoms with E-state index in [0.717, 1.165) is 37.8 Å². The Labute approximate surface area is 132 Å². The van der Waals surface area contributed by atoms with Crippen LogP contribution in [0.15, 0.2) is 18.2 Å². The molecule has 21 heavy (non-hydrogen) atoms. The van der Waals surface area contributed by atoms with Gasteiger partial charge in [-0.3, -0.25) is 0 Å². The van der Waals surface area contributed by atoms with E-state index in [9.17, 15) is 13.2 Å². The van der Waals surface area contributed by atoms with Gasteiger partial charge in [-0.05, 0) is 43.3 Å². The molecule has 0 heterocycles. The van der Waals surface area contributed by atoms with Gasteiger partial charge in [-0.25, -0.2) is 0 Å². The molecule has 0 amide bonds. The van der Waals surface area contributed by atoms with Crippen molar-refractivity contribution in [2.75, 3.05) is 5.32 Å². The van der Waals surface area contributed by atoms with E-state index >= 15 is 0 Å². The number of rotatable bonds is 2. The van der Waals surface area contributed by atoms with E-state index in [1.54, 1.807) is 0 Å². The Hall–Kier alpha value is -1.01. The molecule has 1 fully saturated rings. The second-order valence-corrected chi connectivity index (χ2v) is 6.00. The third-order valence-electron chi connectivity index (χ3n) is 3.42. The van der Waals surface area contributed by atoms with E-state index in [0.29, 0.717) is 11.2 Å². The van der Waals surface area contributed by atoms with Gasteiger partial charge in [0.2, 0.25) is 0 Å². The molecule has 1 aromatic carbocycles. The minimum absolute atomic E-state index is 0.0211. The van der Waals surface area contributed by atoms with Crippen LogP contribution in [0.3, 0.4) is 0 Å². The largest absolute Gasteiger partial charge is 0.416 e. The van der Waals surface area contributed by atoms with E-state index in [1.807, 2.05) is 0 Å². The van der Waals surface area contributed by atoms with Gasteiger partial charge >= 0.3 is 6.18 Å². The summed E-state index contributed by atoms with van der Waals surface area (Å²) in [6.07, 6.45) is 1.16. The maximum Gasteiger partial charge on any atom is 0.416 e. The van der Waals surface area contributed by atoms with Gasteiger partial charge in [-0.1, -0.05) is 30.9 Å². The molecule has 0 radical (unpaired) electrons. The van der Waals surface area contributed by atoms with Crippen LogP contribution in [-0.2, 0) is 6.18 Å². The molecule has 2 N–H and O–H groups in total. The lowest BCUT2D eigenvalue weighted by atomic mass is 9.96. The first-order valence-corrected chi connectivity index (χ1v) is 7.58. The molecule has 0 bridgehead atoms. The molecule has 1 aliphatic carbocycles. The summed E-state index contributed by atoms with van der Waals surface area (Å²) in [6, 6.07) is 3.61. The fourth-order valence-corrected chi connectivity index (χ4v) is 2.94. The lowest BCUT2D eigenvalue weighted by Crippen LogP contribution is -2.38. The molecule has 0 aromatic heterocycles. The summed E-state index contributed by atoms with van der Waals surface area (Å²) in [6.45, 7) is 0. The predicted octanol–water partition coefficient (Wildman–Crippen LogP) is 4.98. The van der Waals surface area contributed by atoms with Gasteiger partial charge < -0.3 is 10.6 Å². The van der Waals surface area contributed by atoms with Crippen LogP contribution in [0, 0.1) is 0 Å². The molecule has 2 nitrogen and oxygen atoms in total. The standard InChI is InChI=1S/C14H16ClF3N2S/c15-10-6-9(14(16,17)18)7-12(8-10)20-13(21)19-11-4-2-1-3-5-11/h6-8,11H,1-5H2,(H2,19,20,21). The maximum atomic E-state index is 12.7. The minimum Gasteiger partial charge on any atom is -0.360 e. The van der Waals surface area contributed by atoms with E-state index in [4.69, 9.17) is 23.8 Å². The number of halogens is 4. The van der Waals surface area contributed by atoms with Crippen LogP contribution in [-0.4, -0.2) is 11.2 Å². The Kier molecular flexibility index (Phi) is 5.32. The summed E-state index contributed by atoms with van der Waals surface area (Å²) in [5.74, 6) is 0. The van der Waals surface area contributed by atoms with Crippen LogP contribution < -0.4 is 10.6 Å². The highest BCUT2D eigenvalue weighted by molar-refractivity contribution is 7.80. The van der Waals surface area contributed by atoms with Crippen molar-refractivity contribution in [1.29, 1.82) is 0 Å². The Morgan fingerprint density at radius 3 is 2.43 bits per heavy atom. The zero-order valence-corrected chi connectivity index (χ0v) is 12.8. The van der Waals surface area contributed by atoms with Crippen LogP contribution in [0.1, 0.15) is 37.7 Å². The SMILES string of the molecule is FC(F)(F)c1cc(Cl)cc(NC(=S)NC2CCCCC2)c1. The zero-order valence-electron chi connectivity index (χ0n) is 11.3. The van der Waals surface area contributed by atoms with Crippen molar-refractivity contribution in [3.63, 3.8) is 0 Å². The molecule has 116 valence electrons. The molecule has 0 aliphatic heterocycles. The molecule has 1 aromatic rings. The fraction of sp³-hybridized carbons (Fsp3) is 0.500. The molecular formula is C14H16ClF3N2S. The first-order chi connectivity index (χ1) is 9.84. The molecule has 1 aliphatic rings. The maximum absolute atomic E-state index is 12.7. The van der Waals surface area contributed by atoms with Crippen LogP contribution in [0.25, 0.3) is 0 Å². The lowest BCUT2D eigenvalue weighted by molar-refractivity contribution is -0.137. The topological polar surface area (TPSA) is 24.1 Å². The highest BCUT2D eigenvalue weighted by atomic mass is 35.5. The first-order valence-electron chi connectivity index (χ1n) is 6.80. The summed E-state index contributed by atoms with van der Waals surface area (Å²) >= 11 is 10.9. The van der Waals surface area contributed by atoms with Gasteiger partial charge in [-0.15, -0.1) is 0 Å². The molecular weight excluding hydrogens is 321 g/mol. The number of anilines is 1. The first kappa shape index (κ1) is 16.4. The lowest BCUT2D eigenvalue weighted by Gasteiger charge is -2.24. The van der Waals surface area contributed by atoms with Crippen molar-refractivity contribution >= 4 is 34.6 Å². The second-order valence-electron chi connectivity index (χ2n) is 5.16. The number of benzene rings is 1. The summed E-state index contributed by atoms with van der Waals surface area (Å²) in [4.78, 5) is 0. The number of alkyl halides is 3. The number of nitrogens with one attached hydrogen (secondary N) is 2. The Morgan fingerprint density at radius 1 is 1.14 bits per heavy atom. The Morgan fingerprint density at radius 2 is 1.81 bits per heavy atom. The molecule has 2 rings (SSSR count). The molecule has 1 saturated carbocycles. The summed E-state index contributed by atoms with van der Waals surface area (Å²) in [5, 5.41) is 6.27. The van der Waals surface area contributed by atoms with Crippen LogP contribution >= 0.6 is 23.8 Å². The summed E-state index contributed by atoms with van der Waals surface area (Å²) in [7, 11) is 0. The summed E-state index contributed by atoms with van der Waals surface area (Å²) in [5.41, 5.74) is -0.555. The van der Waals surface area contributed by atoms with Crippen molar-refractivity contribution < 1.29 is 13.2 Å². The van der Waals surface area contributed by atoms with Gasteiger partial charge in [0, 0.05) is 16.8 Å². The minimum atomic E-state index is -4.43. The third kappa shape index (κ3) is 5.04. The molecule has 0 spiro atoms. The fourth-order valence-electron chi connectivity index (χ4n) is 2.42. The van der Waals surface area contributed by atoms with Crippen LogP contribution in [0.2, 0.25) is 5.02 Å². The highest BCUT2D eigenvalue weighted by Crippen LogP contribution is 2.33. The molecule has 0 atom stereocenters. The van der Waals surface area contributed by atoms with Crippen LogP contribution in [0.4, 0.5) is 18.9 Å². The summed E-state index contributed by atoms with van der Waals surface area (Å²) < 4.78 is 38.2. The normalized spacial score (nSPS) is 16.6. The van der Waals surface area contributed by atoms with Crippen molar-refractivity contribution in [3.8, 4) is 0 Å². The third-order valence-corrected chi connectivity index (χ3v) is 3.86. The smallest absolute Gasteiger partial charge is 0.360 e. The van der Waals surface area contributed by atoms with E-state index < -0.39 is 11.7 Å². The average molecular weight is 337 g/mol. The number of hydrogen-bond acceptors (Lipinski definition) is 1. The Bertz CT molecular complexity index is 513.